The van der Waals surface area contributed by atoms with E-state index in [1.807, 2.05) is 41.0 Å². The zero-order chi connectivity index (χ0) is 20.2. The molecule has 0 aliphatic carbocycles. The molecule has 0 saturated carbocycles. The van der Waals surface area contributed by atoms with E-state index in [4.69, 9.17) is 25.8 Å². The molecule has 0 unspecified atom stereocenters. The Balaban J connectivity index is 1.57. The van der Waals surface area contributed by atoms with Crippen molar-refractivity contribution < 1.29 is 14.2 Å². The Labute approximate surface area is 174 Å². The zero-order valence-electron chi connectivity index (χ0n) is 16.3. The van der Waals surface area contributed by atoms with Crippen molar-refractivity contribution in [2.45, 2.75) is 19.1 Å². The van der Waals surface area contributed by atoms with E-state index < -0.39 is 0 Å². The molecular formula is C20H22ClN5O3. The van der Waals surface area contributed by atoms with Gasteiger partial charge in [-0.05, 0) is 18.2 Å². The summed E-state index contributed by atoms with van der Waals surface area (Å²) >= 11 is 6.23. The lowest BCUT2D eigenvalue weighted by molar-refractivity contribution is 0.176. The summed E-state index contributed by atoms with van der Waals surface area (Å²) in [7, 11) is 3.22. The van der Waals surface area contributed by atoms with Crippen molar-refractivity contribution in [1.82, 2.24) is 19.7 Å². The number of ether oxygens (including phenoxy) is 3. The van der Waals surface area contributed by atoms with Crippen LogP contribution in [0.25, 0.3) is 5.69 Å². The second-order valence-corrected chi connectivity index (χ2v) is 7.06. The Morgan fingerprint density at radius 1 is 1.14 bits per heavy atom. The molecule has 1 saturated heterocycles. The minimum atomic E-state index is 0.0138. The molecule has 0 amide bonds. The van der Waals surface area contributed by atoms with Crippen molar-refractivity contribution in [3.8, 4) is 17.3 Å². The summed E-state index contributed by atoms with van der Waals surface area (Å²) in [4.78, 5) is 6.46. The van der Waals surface area contributed by atoms with Crippen LogP contribution in [0.15, 0.2) is 42.6 Å². The molecule has 9 heteroatoms. The van der Waals surface area contributed by atoms with Gasteiger partial charge in [-0.2, -0.15) is 0 Å². The molecular weight excluding hydrogens is 394 g/mol. The number of hydrogen-bond donors (Lipinski definition) is 0. The third kappa shape index (κ3) is 4.13. The van der Waals surface area contributed by atoms with E-state index in [0.717, 1.165) is 24.6 Å². The standard InChI is InChI=1S/C20H22ClN5O3/c1-27-13-18-23-24-20(26(18)14-7-8-19(28-2)22-11-14)25-10-9-15(12-25)29-17-6-4-3-5-16(17)21/h3-8,11,15H,9-10,12-13H2,1-2H3/t15-/m0/s1. The first kappa shape index (κ1) is 19.5. The van der Waals surface area contributed by atoms with Gasteiger partial charge in [-0.25, -0.2) is 4.98 Å². The molecule has 8 nitrogen and oxygen atoms in total. The van der Waals surface area contributed by atoms with E-state index in [0.29, 0.717) is 35.6 Å². The number of nitrogens with zero attached hydrogens (tertiary/aromatic N) is 5. The minimum absolute atomic E-state index is 0.0138. The van der Waals surface area contributed by atoms with Crippen molar-refractivity contribution in [2.24, 2.45) is 0 Å². The molecule has 3 heterocycles. The van der Waals surface area contributed by atoms with Crippen LogP contribution in [0.1, 0.15) is 12.2 Å². The van der Waals surface area contributed by atoms with Gasteiger partial charge in [0.05, 0.1) is 30.6 Å². The lowest BCUT2D eigenvalue weighted by Crippen LogP contribution is -2.27. The third-order valence-electron chi connectivity index (χ3n) is 4.73. The van der Waals surface area contributed by atoms with Crippen LogP contribution in [0.4, 0.5) is 5.95 Å². The van der Waals surface area contributed by atoms with E-state index in [1.54, 1.807) is 20.4 Å². The van der Waals surface area contributed by atoms with Gasteiger partial charge in [-0.1, -0.05) is 23.7 Å². The molecule has 1 aliphatic rings. The Morgan fingerprint density at radius 2 is 2.00 bits per heavy atom. The summed E-state index contributed by atoms with van der Waals surface area (Å²) < 4.78 is 18.5. The summed E-state index contributed by atoms with van der Waals surface area (Å²) in [5, 5.41) is 9.34. The summed E-state index contributed by atoms with van der Waals surface area (Å²) in [6.45, 7) is 1.82. The normalized spacial score (nSPS) is 16.2. The summed E-state index contributed by atoms with van der Waals surface area (Å²) in [5.41, 5.74) is 0.841. The minimum Gasteiger partial charge on any atom is -0.487 e. The first-order valence-corrected chi connectivity index (χ1v) is 9.67. The monoisotopic (exact) mass is 415 g/mol. The quantitative estimate of drug-likeness (QED) is 0.586. The highest BCUT2D eigenvalue weighted by Crippen LogP contribution is 2.29. The highest BCUT2D eigenvalue weighted by atomic mass is 35.5. The van der Waals surface area contributed by atoms with Crippen LogP contribution in [0.5, 0.6) is 11.6 Å². The molecule has 3 aromatic rings. The van der Waals surface area contributed by atoms with Crippen LogP contribution >= 0.6 is 11.6 Å². The van der Waals surface area contributed by atoms with Crippen LogP contribution in [0.3, 0.4) is 0 Å². The van der Waals surface area contributed by atoms with Gasteiger partial charge in [-0.3, -0.25) is 4.57 Å². The smallest absolute Gasteiger partial charge is 0.232 e. The number of halogens is 1. The highest BCUT2D eigenvalue weighted by Gasteiger charge is 2.29. The number of methoxy groups -OCH3 is 2. The van der Waals surface area contributed by atoms with Crippen molar-refractivity contribution >= 4 is 17.5 Å². The Kier molecular flexibility index (Phi) is 5.82. The molecule has 2 aromatic heterocycles. The molecule has 1 aliphatic heterocycles. The Morgan fingerprint density at radius 3 is 2.72 bits per heavy atom. The maximum atomic E-state index is 6.23. The fraction of sp³-hybridized carbons (Fsp3) is 0.350. The highest BCUT2D eigenvalue weighted by molar-refractivity contribution is 6.32. The third-order valence-corrected chi connectivity index (χ3v) is 5.04. The predicted molar refractivity (Wildman–Crippen MR) is 109 cm³/mol. The number of hydrogen-bond acceptors (Lipinski definition) is 7. The van der Waals surface area contributed by atoms with E-state index in [2.05, 4.69) is 20.1 Å². The Bertz CT molecular complexity index is 963. The number of para-hydroxylation sites is 1. The van der Waals surface area contributed by atoms with E-state index in [9.17, 15) is 0 Å². The first-order valence-electron chi connectivity index (χ1n) is 9.29. The van der Waals surface area contributed by atoms with Crippen LogP contribution in [-0.2, 0) is 11.3 Å². The van der Waals surface area contributed by atoms with Crippen LogP contribution in [-0.4, -0.2) is 53.2 Å². The lowest BCUT2D eigenvalue weighted by Gasteiger charge is -2.20. The maximum absolute atomic E-state index is 6.23. The van der Waals surface area contributed by atoms with Gasteiger partial charge in [0.15, 0.2) is 5.82 Å². The molecule has 0 spiro atoms. The van der Waals surface area contributed by atoms with Gasteiger partial charge >= 0.3 is 0 Å². The molecule has 0 radical (unpaired) electrons. The van der Waals surface area contributed by atoms with E-state index in [1.165, 1.54) is 0 Å². The predicted octanol–water partition coefficient (Wildman–Crippen LogP) is 3.13. The summed E-state index contributed by atoms with van der Waals surface area (Å²) in [6.07, 6.45) is 2.61. The number of rotatable bonds is 7. The molecule has 1 fully saturated rings. The molecule has 29 heavy (non-hydrogen) atoms. The second-order valence-electron chi connectivity index (χ2n) is 6.65. The second kappa shape index (κ2) is 8.67. The fourth-order valence-electron chi connectivity index (χ4n) is 3.35. The van der Waals surface area contributed by atoms with E-state index in [-0.39, 0.29) is 6.10 Å². The van der Waals surface area contributed by atoms with Gasteiger partial charge in [0.1, 0.15) is 18.5 Å². The largest absolute Gasteiger partial charge is 0.487 e. The molecule has 0 bridgehead atoms. The molecule has 1 atom stereocenters. The number of pyridine rings is 1. The van der Waals surface area contributed by atoms with E-state index >= 15 is 0 Å². The molecule has 0 N–H and O–H groups in total. The van der Waals surface area contributed by atoms with Gasteiger partial charge in [0.2, 0.25) is 11.8 Å². The molecule has 4 rings (SSSR count). The number of benzene rings is 1. The van der Waals surface area contributed by atoms with Crippen LogP contribution < -0.4 is 14.4 Å². The fourth-order valence-corrected chi connectivity index (χ4v) is 3.53. The topological polar surface area (TPSA) is 74.5 Å². The molecule has 152 valence electrons. The van der Waals surface area contributed by atoms with Crippen molar-refractivity contribution in [1.29, 1.82) is 0 Å². The van der Waals surface area contributed by atoms with Crippen molar-refractivity contribution in [3.63, 3.8) is 0 Å². The summed E-state index contributed by atoms with van der Waals surface area (Å²) in [5.74, 6) is 2.67. The average Bonchev–Trinajstić information content (AvgIpc) is 3.37. The van der Waals surface area contributed by atoms with Gasteiger partial charge in [0.25, 0.3) is 0 Å². The maximum Gasteiger partial charge on any atom is 0.232 e. The number of aromatic nitrogens is 4. The summed E-state index contributed by atoms with van der Waals surface area (Å²) in [6, 6.07) is 11.2. The van der Waals surface area contributed by atoms with Crippen LogP contribution in [0.2, 0.25) is 5.02 Å². The van der Waals surface area contributed by atoms with Crippen LogP contribution in [0, 0.1) is 0 Å². The van der Waals surface area contributed by atoms with Gasteiger partial charge < -0.3 is 19.1 Å². The Hall–Kier alpha value is -2.84. The SMILES string of the molecule is COCc1nnc(N2CC[C@H](Oc3ccccc3Cl)C2)n1-c1ccc(OC)nc1. The number of anilines is 1. The van der Waals surface area contributed by atoms with Gasteiger partial charge in [0, 0.05) is 26.1 Å². The van der Waals surface area contributed by atoms with Crippen molar-refractivity contribution in [3.05, 3.63) is 53.4 Å². The van der Waals surface area contributed by atoms with Gasteiger partial charge in [-0.15, -0.1) is 10.2 Å². The zero-order valence-corrected chi connectivity index (χ0v) is 17.0. The first-order chi connectivity index (χ1) is 14.2. The lowest BCUT2D eigenvalue weighted by atomic mass is 10.3. The van der Waals surface area contributed by atoms with Crippen molar-refractivity contribution in [2.75, 3.05) is 32.2 Å². The molecule has 1 aromatic carbocycles. The average molecular weight is 416 g/mol.